The number of benzene rings is 2. The zero-order chi connectivity index (χ0) is 19.4. The van der Waals surface area contributed by atoms with Gasteiger partial charge >= 0.3 is 0 Å². The second-order valence-electron chi connectivity index (χ2n) is 5.74. The number of nitrogens with zero attached hydrogens (tertiary/aromatic N) is 3. The van der Waals surface area contributed by atoms with Gasteiger partial charge < -0.3 is 10.1 Å². The molecule has 1 aromatic heterocycles. The Balaban J connectivity index is 1.90. The maximum Gasteiger partial charge on any atom is 0.269 e. The van der Waals surface area contributed by atoms with Crippen molar-refractivity contribution in [1.29, 1.82) is 0 Å². The first-order valence-electron chi connectivity index (χ1n) is 8.34. The molecule has 8 heteroatoms. The first kappa shape index (κ1) is 18.1. The number of rotatable bonds is 6. The number of para-hydroxylation sites is 1. The van der Waals surface area contributed by atoms with Gasteiger partial charge in [-0.3, -0.25) is 14.9 Å². The molecule has 2 aromatic carbocycles. The number of hydrogen-bond donors (Lipinski definition) is 1. The lowest BCUT2D eigenvalue weighted by molar-refractivity contribution is -0.384. The number of nitro groups is 1. The van der Waals surface area contributed by atoms with Crippen LogP contribution in [0.2, 0.25) is 0 Å². The van der Waals surface area contributed by atoms with E-state index in [1.807, 2.05) is 6.92 Å². The van der Waals surface area contributed by atoms with Crippen molar-refractivity contribution in [2.24, 2.45) is 0 Å². The van der Waals surface area contributed by atoms with Gasteiger partial charge in [0.15, 0.2) is 0 Å². The summed E-state index contributed by atoms with van der Waals surface area (Å²) in [5.74, 6) is 0.621. The molecule has 1 N–H and O–H groups in total. The van der Waals surface area contributed by atoms with Crippen molar-refractivity contribution >= 4 is 17.4 Å². The minimum atomic E-state index is -0.467. The lowest BCUT2D eigenvalue weighted by atomic mass is 10.2. The minimum absolute atomic E-state index is 0.0149. The highest BCUT2D eigenvalue weighted by Gasteiger charge is 2.16. The summed E-state index contributed by atoms with van der Waals surface area (Å²) in [6.45, 7) is 4.09. The highest BCUT2D eigenvalue weighted by atomic mass is 16.6. The molecule has 0 atom stereocenters. The van der Waals surface area contributed by atoms with Gasteiger partial charge in [-0.2, -0.15) is 5.10 Å². The van der Waals surface area contributed by atoms with E-state index in [0.717, 1.165) is 0 Å². The van der Waals surface area contributed by atoms with Crippen LogP contribution in [0.15, 0.2) is 54.6 Å². The Morgan fingerprint density at radius 2 is 1.93 bits per heavy atom. The number of ether oxygens (including phenoxy) is 1. The smallest absolute Gasteiger partial charge is 0.269 e. The van der Waals surface area contributed by atoms with Crippen LogP contribution < -0.4 is 10.1 Å². The number of anilines is 1. The summed E-state index contributed by atoms with van der Waals surface area (Å²) in [4.78, 5) is 23.1. The molecule has 0 aliphatic rings. The summed E-state index contributed by atoms with van der Waals surface area (Å²) in [5.41, 5.74) is 1.69. The molecule has 1 heterocycles. The Hall–Kier alpha value is -3.68. The number of aryl methyl sites for hydroxylation is 1. The van der Waals surface area contributed by atoms with E-state index in [9.17, 15) is 14.9 Å². The summed E-state index contributed by atoms with van der Waals surface area (Å²) < 4.78 is 7.03. The normalized spacial score (nSPS) is 10.4. The average molecular weight is 366 g/mol. The number of nitrogens with one attached hydrogen (secondary N) is 1. The Morgan fingerprint density at radius 3 is 2.59 bits per heavy atom. The van der Waals surface area contributed by atoms with Gasteiger partial charge in [0, 0.05) is 18.2 Å². The van der Waals surface area contributed by atoms with Gasteiger partial charge in [0.25, 0.3) is 11.6 Å². The van der Waals surface area contributed by atoms with Crippen LogP contribution in [0.4, 0.5) is 11.5 Å². The van der Waals surface area contributed by atoms with Crippen LogP contribution in [0.5, 0.6) is 5.75 Å². The molecule has 0 bridgehead atoms. The van der Waals surface area contributed by atoms with Crippen LogP contribution in [0.25, 0.3) is 5.69 Å². The van der Waals surface area contributed by atoms with Crippen LogP contribution in [-0.4, -0.2) is 27.2 Å². The number of hydrogen-bond acceptors (Lipinski definition) is 5. The second-order valence-corrected chi connectivity index (χ2v) is 5.74. The number of carbonyl (C=O) groups excluding carboxylic acids is 1. The molecular formula is C19H18N4O4. The molecule has 138 valence electrons. The maximum atomic E-state index is 12.7. The van der Waals surface area contributed by atoms with Crippen LogP contribution in [-0.2, 0) is 0 Å². The maximum absolute atomic E-state index is 12.7. The zero-order valence-corrected chi connectivity index (χ0v) is 14.9. The van der Waals surface area contributed by atoms with Gasteiger partial charge in [0.2, 0.25) is 0 Å². The van der Waals surface area contributed by atoms with Gasteiger partial charge in [-0.25, -0.2) is 4.68 Å². The monoisotopic (exact) mass is 366 g/mol. The predicted octanol–water partition coefficient (Wildman–Crippen LogP) is 3.74. The third-order valence-corrected chi connectivity index (χ3v) is 3.81. The van der Waals surface area contributed by atoms with Crippen molar-refractivity contribution in [3.05, 3.63) is 76.0 Å². The van der Waals surface area contributed by atoms with Gasteiger partial charge in [-0.1, -0.05) is 12.1 Å². The number of amides is 1. The number of non-ortho nitro benzene ring substituents is 1. The molecule has 8 nitrogen and oxygen atoms in total. The van der Waals surface area contributed by atoms with E-state index in [1.165, 1.54) is 16.8 Å². The van der Waals surface area contributed by atoms with Crippen LogP contribution in [0.1, 0.15) is 23.0 Å². The van der Waals surface area contributed by atoms with Crippen molar-refractivity contribution in [3.63, 3.8) is 0 Å². The molecule has 0 aliphatic heterocycles. The molecule has 1 amide bonds. The first-order chi connectivity index (χ1) is 13.0. The van der Waals surface area contributed by atoms with Crippen LogP contribution in [0.3, 0.4) is 0 Å². The Kier molecular flexibility index (Phi) is 5.16. The molecule has 0 saturated carbocycles. The fourth-order valence-corrected chi connectivity index (χ4v) is 2.62. The summed E-state index contributed by atoms with van der Waals surface area (Å²) in [6, 6.07) is 14.6. The van der Waals surface area contributed by atoms with Gasteiger partial charge in [0.1, 0.15) is 11.6 Å². The molecular weight excluding hydrogens is 348 g/mol. The third-order valence-electron chi connectivity index (χ3n) is 3.81. The van der Waals surface area contributed by atoms with Crippen LogP contribution in [0, 0.1) is 17.0 Å². The average Bonchev–Trinajstić information content (AvgIpc) is 3.02. The molecule has 0 spiro atoms. The van der Waals surface area contributed by atoms with E-state index in [0.29, 0.717) is 35.1 Å². The van der Waals surface area contributed by atoms with Crippen molar-refractivity contribution in [3.8, 4) is 11.4 Å². The largest absolute Gasteiger partial charge is 0.493 e. The number of nitro benzene ring substituents is 1. The third kappa shape index (κ3) is 3.95. The highest BCUT2D eigenvalue weighted by Crippen LogP contribution is 2.23. The molecule has 0 unspecified atom stereocenters. The van der Waals surface area contributed by atoms with E-state index in [4.69, 9.17) is 4.74 Å². The lowest BCUT2D eigenvalue weighted by Gasteiger charge is -2.11. The van der Waals surface area contributed by atoms with Crippen molar-refractivity contribution < 1.29 is 14.5 Å². The molecule has 0 fully saturated rings. The van der Waals surface area contributed by atoms with Crippen LogP contribution >= 0.6 is 0 Å². The molecule has 27 heavy (non-hydrogen) atoms. The molecule has 0 aliphatic carbocycles. The van der Waals surface area contributed by atoms with Gasteiger partial charge in [-0.05, 0) is 38.1 Å². The minimum Gasteiger partial charge on any atom is -0.493 e. The van der Waals surface area contributed by atoms with Crippen molar-refractivity contribution in [1.82, 2.24) is 9.78 Å². The Bertz CT molecular complexity index is 980. The number of aromatic nitrogens is 2. The van der Waals surface area contributed by atoms with Crippen molar-refractivity contribution in [2.45, 2.75) is 13.8 Å². The summed E-state index contributed by atoms with van der Waals surface area (Å²) >= 11 is 0. The number of carbonyl (C=O) groups is 1. The molecule has 0 saturated heterocycles. The fourth-order valence-electron chi connectivity index (χ4n) is 2.62. The lowest BCUT2D eigenvalue weighted by Crippen LogP contribution is -2.16. The van der Waals surface area contributed by atoms with Gasteiger partial charge in [-0.15, -0.1) is 0 Å². The molecule has 0 radical (unpaired) electrons. The quantitative estimate of drug-likeness (QED) is 0.529. The standard InChI is InChI=1S/C19H18N4O4/c1-3-27-17-7-5-4-6-16(17)19(24)20-18-12-13(2)21-22(18)14-8-10-15(11-9-14)23(25)26/h4-12H,3H2,1-2H3,(H,20,24). The Morgan fingerprint density at radius 1 is 1.22 bits per heavy atom. The second kappa shape index (κ2) is 7.69. The highest BCUT2D eigenvalue weighted by molar-refractivity contribution is 6.05. The first-order valence-corrected chi connectivity index (χ1v) is 8.34. The summed E-state index contributed by atoms with van der Waals surface area (Å²) in [5, 5.41) is 18.0. The van der Waals surface area contributed by atoms with E-state index < -0.39 is 4.92 Å². The van der Waals surface area contributed by atoms with E-state index in [2.05, 4.69) is 10.4 Å². The Labute approximate surface area is 155 Å². The van der Waals surface area contributed by atoms with Gasteiger partial charge in [0.05, 0.1) is 28.5 Å². The molecule has 3 rings (SSSR count). The van der Waals surface area contributed by atoms with Crippen molar-refractivity contribution in [2.75, 3.05) is 11.9 Å². The van der Waals surface area contributed by atoms with E-state index in [-0.39, 0.29) is 11.6 Å². The zero-order valence-electron chi connectivity index (χ0n) is 14.9. The topological polar surface area (TPSA) is 99.3 Å². The summed E-state index contributed by atoms with van der Waals surface area (Å²) in [6.07, 6.45) is 0. The fraction of sp³-hybridized carbons (Fsp3) is 0.158. The van der Waals surface area contributed by atoms with E-state index in [1.54, 1.807) is 49.4 Å². The molecule has 3 aromatic rings. The summed E-state index contributed by atoms with van der Waals surface area (Å²) in [7, 11) is 0. The SMILES string of the molecule is CCOc1ccccc1C(=O)Nc1cc(C)nn1-c1ccc([N+](=O)[O-])cc1. The van der Waals surface area contributed by atoms with E-state index >= 15 is 0 Å². The predicted molar refractivity (Wildman–Crippen MR) is 101 cm³/mol.